The molecule has 0 unspecified atom stereocenters. The molecule has 8 heteroatoms. The molecule has 1 aliphatic heterocycles. The Morgan fingerprint density at radius 3 is 2.68 bits per heavy atom. The van der Waals surface area contributed by atoms with Crippen LogP contribution in [0.4, 0.5) is 11.4 Å². The molecule has 0 saturated heterocycles. The Morgan fingerprint density at radius 1 is 1.03 bits per heavy atom. The highest BCUT2D eigenvalue weighted by Crippen LogP contribution is 2.50. The van der Waals surface area contributed by atoms with Gasteiger partial charge in [0.2, 0.25) is 0 Å². The molecule has 0 spiro atoms. The van der Waals surface area contributed by atoms with Gasteiger partial charge >= 0.3 is 0 Å². The molecular formula is C26H25ClN2O4S. The average molecular weight is 497 g/mol. The minimum atomic E-state index is -3.86. The predicted molar refractivity (Wildman–Crippen MR) is 135 cm³/mol. The maximum atomic E-state index is 13.3. The standard InChI is InChI=1S/C26H25ClN2O4S/c1-32-18-6-3-5-16(13-18)26-21-8-4-7-20(21)22-15-19(10-11-23(22)28-26)34(30,31)29-24-14-17(27)9-12-25(24)33-2/h3-7,9-15,20-21,26,28-29H,8H2,1-2H3/t20-,21+,26+/m0/s1. The maximum Gasteiger partial charge on any atom is 0.262 e. The summed E-state index contributed by atoms with van der Waals surface area (Å²) in [6, 6.07) is 18.2. The van der Waals surface area contributed by atoms with E-state index in [1.54, 1.807) is 31.4 Å². The molecule has 0 amide bonds. The Bertz CT molecular complexity index is 1370. The van der Waals surface area contributed by atoms with Crippen molar-refractivity contribution >= 4 is 33.0 Å². The first kappa shape index (κ1) is 22.6. The number of rotatable bonds is 6. The molecular weight excluding hydrogens is 472 g/mol. The second kappa shape index (κ2) is 8.89. The number of allylic oxidation sites excluding steroid dienone is 2. The number of hydrogen-bond donors (Lipinski definition) is 2. The van der Waals surface area contributed by atoms with Crippen molar-refractivity contribution in [2.24, 2.45) is 5.92 Å². The molecule has 1 aliphatic carbocycles. The van der Waals surface area contributed by atoms with Crippen LogP contribution >= 0.6 is 11.6 Å². The van der Waals surface area contributed by atoms with E-state index in [9.17, 15) is 8.42 Å². The van der Waals surface area contributed by atoms with Crippen LogP contribution < -0.4 is 19.5 Å². The van der Waals surface area contributed by atoms with Crippen molar-refractivity contribution in [3.8, 4) is 11.5 Å². The van der Waals surface area contributed by atoms with Gasteiger partial charge in [0.25, 0.3) is 10.0 Å². The van der Waals surface area contributed by atoms with Crippen LogP contribution in [-0.4, -0.2) is 22.6 Å². The van der Waals surface area contributed by atoms with Crippen molar-refractivity contribution in [2.45, 2.75) is 23.3 Å². The Kier molecular flexibility index (Phi) is 5.91. The molecule has 3 aromatic rings. The van der Waals surface area contributed by atoms with E-state index < -0.39 is 10.0 Å². The van der Waals surface area contributed by atoms with Crippen LogP contribution in [0.2, 0.25) is 5.02 Å². The Labute approximate surface area is 204 Å². The molecule has 0 fully saturated rings. The van der Waals surface area contributed by atoms with Crippen molar-refractivity contribution in [3.63, 3.8) is 0 Å². The number of hydrogen-bond acceptors (Lipinski definition) is 5. The number of nitrogens with one attached hydrogen (secondary N) is 2. The second-order valence-corrected chi connectivity index (χ2v) is 10.6. The smallest absolute Gasteiger partial charge is 0.262 e. The van der Waals surface area contributed by atoms with Gasteiger partial charge in [-0.3, -0.25) is 4.72 Å². The number of methoxy groups -OCH3 is 2. The molecule has 2 aliphatic rings. The van der Waals surface area contributed by atoms with Gasteiger partial charge in [-0.2, -0.15) is 0 Å². The minimum Gasteiger partial charge on any atom is -0.497 e. The fourth-order valence-corrected chi connectivity index (χ4v) is 6.14. The predicted octanol–water partition coefficient (Wildman–Crippen LogP) is 5.98. The zero-order valence-corrected chi connectivity index (χ0v) is 20.4. The fraction of sp³-hybridized carbons (Fsp3) is 0.231. The van der Waals surface area contributed by atoms with Gasteiger partial charge < -0.3 is 14.8 Å². The summed E-state index contributed by atoms with van der Waals surface area (Å²) >= 11 is 6.07. The van der Waals surface area contributed by atoms with Gasteiger partial charge in [-0.1, -0.05) is 35.9 Å². The first-order valence-corrected chi connectivity index (χ1v) is 12.8. The summed E-state index contributed by atoms with van der Waals surface area (Å²) in [5.74, 6) is 1.60. The Hall–Kier alpha value is -3.16. The van der Waals surface area contributed by atoms with Gasteiger partial charge in [0.05, 0.1) is 30.8 Å². The summed E-state index contributed by atoms with van der Waals surface area (Å²) in [4.78, 5) is 0.189. The van der Waals surface area contributed by atoms with Crippen LogP contribution in [-0.2, 0) is 10.0 Å². The average Bonchev–Trinajstić information content (AvgIpc) is 3.33. The normalized spacial score (nSPS) is 20.7. The SMILES string of the molecule is COc1cccc([C@H]2Nc3ccc(S(=O)(=O)Nc4cc(Cl)ccc4OC)cc3[C@H]3C=CC[C@H]32)c1. The van der Waals surface area contributed by atoms with Crippen LogP contribution in [0.3, 0.4) is 0 Å². The van der Waals surface area contributed by atoms with Crippen LogP contribution in [0.15, 0.2) is 77.7 Å². The van der Waals surface area contributed by atoms with E-state index in [1.807, 2.05) is 18.2 Å². The van der Waals surface area contributed by atoms with Crippen molar-refractivity contribution in [1.82, 2.24) is 0 Å². The first-order valence-electron chi connectivity index (χ1n) is 11.0. The number of anilines is 2. The first-order chi connectivity index (χ1) is 16.4. The van der Waals surface area contributed by atoms with Crippen molar-refractivity contribution < 1.29 is 17.9 Å². The minimum absolute atomic E-state index is 0.0962. The molecule has 176 valence electrons. The highest BCUT2D eigenvalue weighted by Gasteiger charge is 2.38. The molecule has 3 atom stereocenters. The van der Waals surface area contributed by atoms with Crippen molar-refractivity contribution in [2.75, 3.05) is 24.3 Å². The molecule has 2 N–H and O–H groups in total. The van der Waals surface area contributed by atoms with Crippen molar-refractivity contribution in [1.29, 1.82) is 0 Å². The van der Waals surface area contributed by atoms with E-state index >= 15 is 0 Å². The lowest BCUT2D eigenvalue weighted by Gasteiger charge is -2.37. The zero-order valence-electron chi connectivity index (χ0n) is 18.8. The van der Waals surface area contributed by atoms with Crippen LogP contribution in [0, 0.1) is 5.92 Å². The third kappa shape index (κ3) is 4.10. The number of ether oxygens (including phenoxy) is 2. The van der Waals surface area contributed by atoms with E-state index in [2.05, 4.69) is 34.3 Å². The summed E-state index contributed by atoms with van der Waals surface area (Å²) in [6.07, 6.45) is 5.27. The molecule has 1 heterocycles. The molecule has 0 saturated carbocycles. The molecule has 0 aromatic heterocycles. The van der Waals surface area contributed by atoms with E-state index in [1.165, 1.54) is 13.2 Å². The highest BCUT2D eigenvalue weighted by molar-refractivity contribution is 7.92. The van der Waals surface area contributed by atoms with Gasteiger partial charge in [-0.15, -0.1) is 0 Å². The van der Waals surface area contributed by atoms with Gasteiger partial charge in [0, 0.05) is 16.6 Å². The summed E-state index contributed by atoms with van der Waals surface area (Å²) in [6.45, 7) is 0. The largest absolute Gasteiger partial charge is 0.497 e. The quantitative estimate of drug-likeness (QED) is 0.410. The fourth-order valence-electron chi connectivity index (χ4n) is 4.87. The molecule has 5 rings (SSSR count). The van der Waals surface area contributed by atoms with E-state index in [0.29, 0.717) is 16.5 Å². The van der Waals surface area contributed by atoms with Crippen LogP contribution in [0.1, 0.15) is 29.5 Å². The van der Waals surface area contributed by atoms with Crippen molar-refractivity contribution in [3.05, 3.63) is 89.0 Å². The van der Waals surface area contributed by atoms with Gasteiger partial charge in [0.1, 0.15) is 11.5 Å². The molecule has 6 nitrogen and oxygen atoms in total. The van der Waals surface area contributed by atoms with Gasteiger partial charge in [-0.25, -0.2) is 8.42 Å². The summed E-state index contributed by atoms with van der Waals surface area (Å²) in [7, 11) is -0.709. The van der Waals surface area contributed by atoms with Crippen LogP contribution in [0.25, 0.3) is 0 Å². The van der Waals surface area contributed by atoms with Gasteiger partial charge in [0.15, 0.2) is 0 Å². The molecule has 3 aromatic carbocycles. The molecule has 0 bridgehead atoms. The Morgan fingerprint density at radius 2 is 1.88 bits per heavy atom. The number of fused-ring (bicyclic) bond motifs is 3. The molecule has 34 heavy (non-hydrogen) atoms. The lowest BCUT2D eigenvalue weighted by atomic mass is 9.77. The van der Waals surface area contributed by atoms with E-state index in [-0.39, 0.29) is 22.8 Å². The third-order valence-electron chi connectivity index (χ3n) is 6.50. The molecule has 0 radical (unpaired) electrons. The lowest BCUT2D eigenvalue weighted by molar-refractivity contribution is 0.406. The summed E-state index contributed by atoms with van der Waals surface area (Å²) < 4.78 is 39.8. The van der Waals surface area contributed by atoms with E-state index in [4.69, 9.17) is 21.1 Å². The summed E-state index contributed by atoms with van der Waals surface area (Å²) in [5, 5.41) is 4.05. The number of benzene rings is 3. The topological polar surface area (TPSA) is 76.7 Å². The lowest BCUT2D eigenvalue weighted by Crippen LogP contribution is -2.29. The van der Waals surface area contributed by atoms with Crippen LogP contribution in [0.5, 0.6) is 11.5 Å². The second-order valence-electron chi connectivity index (χ2n) is 8.45. The third-order valence-corrected chi connectivity index (χ3v) is 8.10. The summed E-state index contributed by atoms with van der Waals surface area (Å²) in [5.41, 5.74) is 3.34. The number of halogens is 1. The van der Waals surface area contributed by atoms with E-state index in [0.717, 1.165) is 29.0 Å². The van der Waals surface area contributed by atoms with Gasteiger partial charge in [-0.05, 0) is 72.0 Å². The maximum absolute atomic E-state index is 13.3. The Balaban J connectivity index is 1.49. The highest BCUT2D eigenvalue weighted by atomic mass is 35.5. The zero-order chi connectivity index (χ0) is 23.9. The monoisotopic (exact) mass is 496 g/mol. The number of sulfonamides is 1.